The van der Waals surface area contributed by atoms with E-state index in [9.17, 15) is 22.8 Å². The minimum atomic E-state index is -5.04. The van der Waals surface area contributed by atoms with Crippen molar-refractivity contribution >= 4 is 11.9 Å². The highest BCUT2D eigenvalue weighted by Crippen LogP contribution is 2.22. The van der Waals surface area contributed by atoms with Crippen molar-refractivity contribution in [3.63, 3.8) is 0 Å². The Labute approximate surface area is 91.0 Å². The highest BCUT2D eigenvalue weighted by atomic mass is 19.4. The summed E-state index contributed by atoms with van der Waals surface area (Å²) >= 11 is 0. The van der Waals surface area contributed by atoms with E-state index < -0.39 is 30.0 Å². The summed E-state index contributed by atoms with van der Waals surface area (Å²) in [6, 6.07) is -1.46. The SMILES string of the molecule is CCN(C(=O)C(F)(F)F)C(C(=O)O)C(C)C. The first-order valence-corrected chi connectivity index (χ1v) is 4.73. The van der Waals surface area contributed by atoms with E-state index in [4.69, 9.17) is 5.11 Å². The van der Waals surface area contributed by atoms with Crippen molar-refractivity contribution in [2.24, 2.45) is 5.92 Å². The van der Waals surface area contributed by atoms with Crippen LogP contribution < -0.4 is 0 Å². The van der Waals surface area contributed by atoms with Crippen molar-refractivity contribution in [1.29, 1.82) is 0 Å². The predicted octanol–water partition coefficient (Wildman–Crippen LogP) is 1.51. The van der Waals surface area contributed by atoms with Gasteiger partial charge in [0, 0.05) is 6.54 Å². The van der Waals surface area contributed by atoms with Crippen LogP contribution in [-0.4, -0.2) is 40.6 Å². The molecule has 0 fully saturated rings. The average Bonchev–Trinajstić information content (AvgIpc) is 2.09. The molecule has 0 saturated heterocycles. The van der Waals surface area contributed by atoms with E-state index in [0.717, 1.165) is 0 Å². The first kappa shape index (κ1) is 14.7. The van der Waals surface area contributed by atoms with E-state index in [2.05, 4.69) is 0 Å². The van der Waals surface area contributed by atoms with Crippen LogP contribution >= 0.6 is 0 Å². The number of carboxylic acid groups (broad SMARTS) is 1. The van der Waals surface area contributed by atoms with Gasteiger partial charge in [-0.05, 0) is 12.8 Å². The van der Waals surface area contributed by atoms with Crippen LogP contribution in [-0.2, 0) is 9.59 Å². The van der Waals surface area contributed by atoms with Crippen LogP contribution in [0.2, 0.25) is 0 Å². The molecule has 16 heavy (non-hydrogen) atoms. The number of hydrogen-bond acceptors (Lipinski definition) is 2. The quantitative estimate of drug-likeness (QED) is 0.811. The van der Waals surface area contributed by atoms with Gasteiger partial charge >= 0.3 is 18.1 Å². The maximum absolute atomic E-state index is 12.2. The summed E-state index contributed by atoms with van der Waals surface area (Å²) in [6.45, 7) is 3.91. The van der Waals surface area contributed by atoms with Crippen LogP contribution in [0.4, 0.5) is 13.2 Å². The van der Waals surface area contributed by atoms with Crippen molar-refractivity contribution < 1.29 is 27.9 Å². The standard InChI is InChI=1S/C9H14F3NO3/c1-4-13(8(16)9(10,11)12)6(5(2)3)7(14)15/h5-6H,4H2,1-3H3,(H,14,15). The van der Waals surface area contributed by atoms with Crippen molar-refractivity contribution in [2.75, 3.05) is 6.54 Å². The van der Waals surface area contributed by atoms with E-state index in [-0.39, 0.29) is 6.54 Å². The van der Waals surface area contributed by atoms with Crippen LogP contribution in [0.1, 0.15) is 20.8 Å². The molecular weight excluding hydrogens is 227 g/mol. The van der Waals surface area contributed by atoms with E-state index in [0.29, 0.717) is 4.90 Å². The molecule has 4 nitrogen and oxygen atoms in total. The van der Waals surface area contributed by atoms with Crippen LogP contribution in [0.15, 0.2) is 0 Å². The van der Waals surface area contributed by atoms with Gasteiger partial charge in [-0.25, -0.2) is 4.79 Å². The number of aliphatic carboxylic acids is 1. The van der Waals surface area contributed by atoms with Crippen LogP contribution in [0.3, 0.4) is 0 Å². The number of likely N-dealkylation sites (N-methyl/N-ethyl adjacent to an activating group) is 1. The lowest BCUT2D eigenvalue weighted by atomic mass is 10.0. The largest absolute Gasteiger partial charge is 0.480 e. The Hall–Kier alpha value is -1.27. The Morgan fingerprint density at radius 3 is 1.94 bits per heavy atom. The molecule has 0 heterocycles. The second-order valence-corrected chi connectivity index (χ2v) is 3.62. The Bertz CT molecular complexity index is 276. The van der Waals surface area contributed by atoms with Gasteiger partial charge in [0.05, 0.1) is 0 Å². The number of carbonyl (C=O) groups excluding carboxylic acids is 1. The molecule has 0 aliphatic carbocycles. The zero-order chi connectivity index (χ0) is 13.1. The van der Waals surface area contributed by atoms with Gasteiger partial charge in [-0.1, -0.05) is 13.8 Å². The lowest BCUT2D eigenvalue weighted by Gasteiger charge is -2.30. The summed E-state index contributed by atoms with van der Waals surface area (Å²) < 4.78 is 36.6. The van der Waals surface area contributed by atoms with Gasteiger partial charge < -0.3 is 10.0 Å². The van der Waals surface area contributed by atoms with Crippen LogP contribution in [0.5, 0.6) is 0 Å². The molecule has 0 spiro atoms. The second kappa shape index (κ2) is 5.18. The number of carboxylic acids is 1. The fraction of sp³-hybridized carbons (Fsp3) is 0.778. The molecule has 0 bridgehead atoms. The first-order chi connectivity index (χ1) is 7.12. The molecule has 1 unspecified atom stereocenters. The zero-order valence-corrected chi connectivity index (χ0v) is 9.21. The third-order valence-electron chi connectivity index (χ3n) is 2.06. The molecule has 1 atom stereocenters. The molecule has 1 amide bonds. The van der Waals surface area contributed by atoms with Crippen molar-refractivity contribution in [2.45, 2.75) is 33.0 Å². The third-order valence-corrected chi connectivity index (χ3v) is 2.06. The number of hydrogen-bond donors (Lipinski definition) is 1. The van der Waals surface area contributed by atoms with Crippen LogP contribution in [0, 0.1) is 5.92 Å². The van der Waals surface area contributed by atoms with E-state index in [1.165, 1.54) is 20.8 Å². The van der Waals surface area contributed by atoms with Gasteiger partial charge in [-0.2, -0.15) is 13.2 Å². The number of rotatable bonds is 4. The topological polar surface area (TPSA) is 57.6 Å². The molecule has 0 rings (SSSR count). The molecule has 0 aromatic rings. The molecule has 94 valence electrons. The highest BCUT2D eigenvalue weighted by molar-refractivity contribution is 5.87. The molecule has 1 N–H and O–H groups in total. The van der Waals surface area contributed by atoms with Gasteiger partial charge in [0.15, 0.2) is 0 Å². The molecule has 0 radical (unpaired) electrons. The van der Waals surface area contributed by atoms with Crippen molar-refractivity contribution in [3.05, 3.63) is 0 Å². The normalized spacial score (nSPS) is 13.7. The van der Waals surface area contributed by atoms with Gasteiger partial charge in [0.1, 0.15) is 6.04 Å². The highest BCUT2D eigenvalue weighted by Gasteiger charge is 2.46. The number of carbonyl (C=O) groups is 2. The van der Waals surface area contributed by atoms with Gasteiger partial charge in [-0.3, -0.25) is 4.79 Å². The summed E-state index contributed by atoms with van der Waals surface area (Å²) in [5, 5.41) is 8.80. The summed E-state index contributed by atoms with van der Waals surface area (Å²) in [5.41, 5.74) is 0. The van der Waals surface area contributed by atoms with Gasteiger partial charge in [0.2, 0.25) is 0 Å². The van der Waals surface area contributed by atoms with Crippen molar-refractivity contribution in [3.8, 4) is 0 Å². The lowest BCUT2D eigenvalue weighted by Crippen LogP contribution is -2.52. The molecule has 0 saturated carbocycles. The summed E-state index contributed by atoms with van der Waals surface area (Å²) in [6.07, 6.45) is -5.04. The smallest absolute Gasteiger partial charge is 0.471 e. The maximum Gasteiger partial charge on any atom is 0.471 e. The van der Waals surface area contributed by atoms with Crippen LogP contribution in [0.25, 0.3) is 0 Å². The Kier molecular flexibility index (Phi) is 4.77. The van der Waals surface area contributed by atoms with Gasteiger partial charge in [-0.15, -0.1) is 0 Å². The molecule has 0 aromatic carbocycles. The average molecular weight is 241 g/mol. The van der Waals surface area contributed by atoms with E-state index in [1.807, 2.05) is 0 Å². The van der Waals surface area contributed by atoms with E-state index >= 15 is 0 Å². The number of alkyl halides is 3. The first-order valence-electron chi connectivity index (χ1n) is 4.73. The minimum Gasteiger partial charge on any atom is -0.480 e. The lowest BCUT2D eigenvalue weighted by molar-refractivity contribution is -0.190. The number of nitrogens with zero attached hydrogens (tertiary/aromatic N) is 1. The third kappa shape index (κ3) is 3.39. The fourth-order valence-corrected chi connectivity index (χ4v) is 1.41. The Morgan fingerprint density at radius 1 is 1.31 bits per heavy atom. The Morgan fingerprint density at radius 2 is 1.75 bits per heavy atom. The van der Waals surface area contributed by atoms with Gasteiger partial charge in [0.25, 0.3) is 0 Å². The molecule has 7 heteroatoms. The maximum atomic E-state index is 12.2. The summed E-state index contributed by atoms with van der Waals surface area (Å²) in [5.74, 6) is -4.14. The summed E-state index contributed by atoms with van der Waals surface area (Å²) in [7, 11) is 0. The molecular formula is C9H14F3NO3. The fourth-order valence-electron chi connectivity index (χ4n) is 1.41. The second-order valence-electron chi connectivity index (χ2n) is 3.62. The minimum absolute atomic E-state index is 0.298. The van der Waals surface area contributed by atoms with E-state index in [1.54, 1.807) is 0 Å². The number of halogens is 3. The Balaban J connectivity index is 5.10. The molecule has 0 aromatic heterocycles. The molecule has 0 aliphatic heterocycles. The zero-order valence-electron chi connectivity index (χ0n) is 9.21. The summed E-state index contributed by atoms with van der Waals surface area (Å²) in [4.78, 5) is 22.1. The molecule has 0 aliphatic rings. The number of amides is 1. The monoisotopic (exact) mass is 241 g/mol. The predicted molar refractivity (Wildman–Crippen MR) is 49.7 cm³/mol. The van der Waals surface area contributed by atoms with Crippen molar-refractivity contribution in [1.82, 2.24) is 4.90 Å².